The summed E-state index contributed by atoms with van der Waals surface area (Å²) >= 11 is 0. The number of aryl methyl sites for hydroxylation is 1. The van der Waals surface area contributed by atoms with Gasteiger partial charge in [0.05, 0.1) is 30.7 Å². The third kappa shape index (κ3) is 4.46. The summed E-state index contributed by atoms with van der Waals surface area (Å²) in [5, 5.41) is 11.2. The van der Waals surface area contributed by atoms with E-state index >= 15 is 0 Å². The number of rotatable bonds is 9. The normalized spacial score (nSPS) is 11.9. The van der Waals surface area contributed by atoms with Crippen molar-refractivity contribution in [3.8, 4) is 11.5 Å². The van der Waals surface area contributed by atoms with Gasteiger partial charge in [-0.15, -0.1) is 0 Å². The van der Waals surface area contributed by atoms with Crippen LogP contribution in [0.15, 0.2) is 24.3 Å². The number of nitrogens with zero attached hydrogens (tertiary/aromatic N) is 2. The Morgan fingerprint density at radius 1 is 1.26 bits per heavy atom. The third-order valence-electron chi connectivity index (χ3n) is 4.35. The molecule has 0 amide bonds. The lowest BCUT2D eigenvalue weighted by molar-refractivity contribution is -0.385. The molecule has 1 unspecified atom stereocenters. The van der Waals surface area contributed by atoms with Gasteiger partial charge < -0.3 is 18.8 Å². The van der Waals surface area contributed by atoms with Crippen LogP contribution in [0, 0.1) is 24.0 Å². The Labute approximate surface area is 157 Å². The highest BCUT2D eigenvalue weighted by atomic mass is 16.6. The van der Waals surface area contributed by atoms with Crippen LogP contribution in [0.1, 0.15) is 34.7 Å². The zero-order valence-electron chi connectivity index (χ0n) is 16.1. The lowest BCUT2D eigenvalue weighted by atomic mass is 10.1. The van der Waals surface area contributed by atoms with E-state index < -0.39 is 4.92 Å². The molecule has 27 heavy (non-hydrogen) atoms. The molecule has 1 heterocycles. The molecule has 0 aliphatic heterocycles. The van der Waals surface area contributed by atoms with Crippen molar-refractivity contribution >= 4 is 11.5 Å². The van der Waals surface area contributed by atoms with E-state index in [-0.39, 0.29) is 29.9 Å². The molecule has 146 valence electrons. The van der Waals surface area contributed by atoms with E-state index in [4.69, 9.17) is 14.2 Å². The number of carbonyl (C=O) groups is 1. The summed E-state index contributed by atoms with van der Waals surface area (Å²) in [6.07, 6.45) is 0. The van der Waals surface area contributed by atoms with Crippen LogP contribution in [0.25, 0.3) is 0 Å². The minimum atomic E-state index is -0.569. The summed E-state index contributed by atoms with van der Waals surface area (Å²) in [6, 6.07) is 6.12. The second-order valence-electron chi connectivity index (χ2n) is 6.26. The molecule has 0 saturated heterocycles. The second-order valence-corrected chi connectivity index (χ2v) is 6.26. The average molecular weight is 376 g/mol. The van der Waals surface area contributed by atoms with Gasteiger partial charge in [-0.05, 0) is 39.0 Å². The van der Waals surface area contributed by atoms with Gasteiger partial charge in [0.2, 0.25) is 5.78 Å². The summed E-state index contributed by atoms with van der Waals surface area (Å²) < 4.78 is 17.7. The molecule has 1 aromatic heterocycles. The predicted octanol–water partition coefficient (Wildman–Crippen LogP) is 3.49. The number of hydrogen-bond acceptors (Lipinski definition) is 6. The van der Waals surface area contributed by atoms with Crippen molar-refractivity contribution in [2.75, 3.05) is 27.4 Å². The van der Waals surface area contributed by atoms with E-state index in [0.717, 1.165) is 11.4 Å². The zero-order chi connectivity index (χ0) is 20.1. The van der Waals surface area contributed by atoms with Crippen molar-refractivity contribution in [1.29, 1.82) is 0 Å². The van der Waals surface area contributed by atoms with Gasteiger partial charge in [-0.2, -0.15) is 0 Å². The number of carbonyl (C=O) groups excluding carboxylic acids is 1. The van der Waals surface area contributed by atoms with Crippen LogP contribution in [-0.2, 0) is 4.74 Å². The van der Waals surface area contributed by atoms with Crippen LogP contribution in [-0.4, -0.2) is 42.7 Å². The Kier molecular flexibility index (Phi) is 6.57. The molecule has 0 aliphatic carbocycles. The maximum atomic E-state index is 12.6. The lowest BCUT2D eigenvalue weighted by Crippen LogP contribution is -2.16. The first-order chi connectivity index (χ1) is 12.8. The van der Waals surface area contributed by atoms with E-state index in [1.165, 1.54) is 19.2 Å². The number of aromatic nitrogens is 1. The minimum Gasteiger partial charge on any atom is -0.496 e. The Balaban J connectivity index is 2.20. The number of nitro groups is 1. The molecule has 1 atom stereocenters. The highest BCUT2D eigenvalue weighted by Crippen LogP contribution is 2.31. The van der Waals surface area contributed by atoms with Crippen LogP contribution in [0.2, 0.25) is 0 Å². The Morgan fingerprint density at radius 3 is 2.56 bits per heavy atom. The summed E-state index contributed by atoms with van der Waals surface area (Å²) in [6.45, 7) is 6.02. The topological polar surface area (TPSA) is 92.8 Å². The quantitative estimate of drug-likeness (QED) is 0.378. The molecule has 0 saturated carbocycles. The SMILES string of the molecule is COCC(C)n1c(C)cc(C(=O)COc2ccc(OC)cc2[N+](=O)[O-])c1C. The fraction of sp³-hybridized carbons (Fsp3) is 0.421. The van der Waals surface area contributed by atoms with Gasteiger partial charge in [-0.3, -0.25) is 14.9 Å². The largest absolute Gasteiger partial charge is 0.496 e. The molecule has 0 fully saturated rings. The van der Waals surface area contributed by atoms with Gasteiger partial charge in [0.1, 0.15) is 5.75 Å². The minimum absolute atomic E-state index is 0.0238. The molecule has 2 aromatic rings. The van der Waals surface area contributed by atoms with Crippen LogP contribution >= 0.6 is 0 Å². The number of ether oxygens (including phenoxy) is 3. The molecule has 2 rings (SSSR count). The smallest absolute Gasteiger partial charge is 0.314 e. The number of benzene rings is 1. The lowest BCUT2D eigenvalue weighted by Gasteiger charge is -2.17. The summed E-state index contributed by atoms with van der Waals surface area (Å²) in [7, 11) is 3.05. The van der Waals surface area contributed by atoms with Gasteiger partial charge in [0.15, 0.2) is 12.4 Å². The molecule has 0 spiro atoms. The van der Waals surface area contributed by atoms with Gasteiger partial charge in [-0.1, -0.05) is 0 Å². The van der Waals surface area contributed by atoms with E-state index in [0.29, 0.717) is 17.9 Å². The number of ketones is 1. The molecule has 0 N–H and O–H groups in total. The molecule has 1 aromatic carbocycles. The second kappa shape index (κ2) is 8.68. The van der Waals surface area contributed by atoms with Crippen molar-refractivity contribution in [2.24, 2.45) is 0 Å². The predicted molar refractivity (Wildman–Crippen MR) is 100.0 cm³/mol. The van der Waals surface area contributed by atoms with E-state index in [9.17, 15) is 14.9 Å². The zero-order valence-corrected chi connectivity index (χ0v) is 16.1. The Morgan fingerprint density at radius 2 is 1.96 bits per heavy atom. The first kappa shape index (κ1) is 20.4. The highest BCUT2D eigenvalue weighted by Gasteiger charge is 2.21. The maximum absolute atomic E-state index is 12.6. The van der Waals surface area contributed by atoms with E-state index in [1.807, 2.05) is 25.3 Å². The van der Waals surface area contributed by atoms with Gasteiger partial charge >= 0.3 is 5.69 Å². The van der Waals surface area contributed by atoms with Crippen molar-refractivity contribution in [3.05, 3.63) is 51.3 Å². The van der Waals surface area contributed by atoms with Crippen molar-refractivity contribution in [1.82, 2.24) is 4.57 Å². The monoisotopic (exact) mass is 376 g/mol. The highest BCUT2D eigenvalue weighted by molar-refractivity contribution is 5.98. The van der Waals surface area contributed by atoms with E-state index in [1.54, 1.807) is 19.2 Å². The molecule has 0 radical (unpaired) electrons. The van der Waals surface area contributed by atoms with Gasteiger partial charge in [-0.25, -0.2) is 0 Å². The number of hydrogen-bond donors (Lipinski definition) is 0. The van der Waals surface area contributed by atoms with Crippen LogP contribution in [0.3, 0.4) is 0 Å². The molecule has 8 nitrogen and oxygen atoms in total. The van der Waals surface area contributed by atoms with Crippen LogP contribution < -0.4 is 9.47 Å². The summed E-state index contributed by atoms with van der Waals surface area (Å²) in [5.41, 5.74) is 2.04. The molecule has 8 heteroatoms. The Bertz CT molecular complexity index is 843. The van der Waals surface area contributed by atoms with Crippen molar-refractivity contribution in [3.63, 3.8) is 0 Å². The van der Waals surface area contributed by atoms with Crippen molar-refractivity contribution in [2.45, 2.75) is 26.8 Å². The third-order valence-corrected chi connectivity index (χ3v) is 4.35. The van der Waals surface area contributed by atoms with Crippen LogP contribution in [0.4, 0.5) is 5.69 Å². The standard InChI is InChI=1S/C19H24N2O6/c1-12-8-16(14(3)20(12)13(2)10-25-4)18(22)11-27-19-7-6-15(26-5)9-17(19)21(23)24/h6-9,13H,10-11H2,1-5H3. The summed E-state index contributed by atoms with van der Waals surface area (Å²) in [4.78, 5) is 23.3. The van der Waals surface area contributed by atoms with E-state index in [2.05, 4.69) is 0 Å². The first-order valence-corrected chi connectivity index (χ1v) is 8.45. The fourth-order valence-electron chi connectivity index (χ4n) is 3.16. The van der Waals surface area contributed by atoms with Gasteiger partial charge in [0, 0.05) is 24.1 Å². The summed E-state index contributed by atoms with van der Waals surface area (Å²) in [5.74, 6) is 0.121. The molecule has 0 aliphatic rings. The number of Topliss-reactive ketones (excluding diaryl/α,β-unsaturated/α-hetero) is 1. The van der Waals surface area contributed by atoms with Gasteiger partial charge in [0.25, 0.3) is 0 Å². The molecular formula is C19H24N2O6. The Hall–Kier alpha value is -2.87. The van der Waals surface area contributed by atoms with Crippen molar-refractivity contribution < 1.29 is 23.9 Å². The number of methoxy groups -OCH3 is 2. The molecular weight excluding hydrogens is 352 g/mol. The number of nitro benzene ring substituents is 1. The fourth-order valence-corrected chi connectivity index (χ4v) is 3.16. The maximum Gasteiger partial charge on any atom is 0.314 e. The first-order valence-electron chi connectivity index (χ1n) is 8.45. The molecule has 0 bridgehead atoms. The average Bonchev–Trinajstić information content (AvgIpc) is 2.94. The van der Waals surface area contributed by atoms with Crippen LogP contribution in [0.5, 0.6) is 11.5 Å².